The average molecular weight is 702 g/mol. The number of anilines is 3. The van der Waals surface area contributed by atoms with Gasteiger partial charge >= 0.3 is 0 Å². The predicted molar refractivity (Wildman–Crippen MR) is 234 cm³/mol. The lowest BCUT2D eigenvalue weighted by Crippen LogP contribution is -2.09. The molecule has 55 heavy (non-hydrogen) atoms. The van der Waals surface area contributed by atoms with Crippen molar-refractivity contribution in [3.63, 3.8) is 0 Å². The molecule has 9 aromatic carbocycles. The molecule has 0 unspecified atom stereocenters. The Kier molecular flexibility index (Phi) is 9.41. The maximum absolute atomic E-state index is 2.33. The van der Waals surface area contributed by atoms with E-state index in [1.165, 1.54) is 66.8 Å². The van der Waals surface area contributed by atoms with Gasteiger partial charge in [0.25, 0.3) is 0 Å². The van der Waals surface area contributed by atoms with E-state index in [0.29, 0.717) is 0 Å². The minimum absolute atomic E-state index is 1.10. The zero-order chi connectivity index (χ0) is 36.8. The van der Waals surface area contributed by atoms with Crippen molar-refractivity contribution >= 4 is 17.1 Å². The van der Waals surface area contributed by atoms with Crippen LogP contribution in [0.25, 0.3) is 66.8 Å². The van der Waals surface area contributed by atoms with Crippen LogP contribution in [0.15, 0.2) is 237 Å². The van der Waals surface area contributed by atoms with Gasteiger partial charge in [0.05, 0.1) is 0 Å². The van der Waals surface area contributed by atoms with Gasteiger partial charge in [-0.3, -0.25) is 0 Å². The quantitative estimate of drug-likeness (QED) is 0.145. The Morgan fingerprint density at radius 3 is 0.818 bits per heavy atom. The summed E-state index contributed by atoms with van der Waals surface area (Å²) in [5.74, 6) is 0. The summed E-state index contributed by atoms with van der Waals surface area (Å²) in [7, 11) is 0. The van der Waals surface area contributed by atoms with E-state index < -0.39 is 0 Å². The second-order valence-corrected chi connectivity index (χ2v) is 13.8. The Balaban J connectivity index is 1.04. The third-order valence-corrected chi connectivity index (χ3v) is 10.3. The molecule has 0 saturated carbocycles. The third-order valence-electron chi connectivity index (χ3n) is 10.3. The smallest absolute Gasteiger partial charge is 0.0462 e. The Hall–Kier alpha value is -7.22. The van der Waals surface area contributed by atoms with Gasteiger partial charge in [-0.2, -0.15) is 0 Å². The van der Waals surface area contributed by atoms with E-state index in [0.717, 1.165) is 17.1 Å². The summed E-state index contributed by atoms with van der Waals surface area (Å²) in [4.78, 5) is 2.33. The molecule has 0 radical (unpaired) electrons. The highest BCUT2D eigenvalue weighted by atomic mass is 15.1. The second kappa shape index (κ2) is 15.4. The van der Waals surface area contributed by atoms with Crippen LogP contribution in [-0.4, -0.2) is 0 Å². The second-order valence-electron chi connectivity index (χ2n) is 13.8. The molecule has 0 spiro atoms. The summed E-state index contributed by atoms with van der Waals surface area (Å²) in [6, 6.07) is 84.9. The summed E-state index contributed by atoms with van der Waals surface area (Å²) >= 11 is 0. The van der Waals surface area contributed by atoms with Gasteiger partial charge in [0.2, 0.25) is 0 Å². The van der Waals surface area contributed by atoms with Crippen molar-refractivity contribution in [2.24, 2.45) is 0 Å². The summed E-state index contributed by atoms with van der Waals surface area (Å²) in [5.41, 5.74) is 17.8. The zero-order valence-corrected chi connectivity index (χ0v) is 30.5. The molecule has 0 bridgehead atoms. The van der Waals surface area contributed by atoms with Crippen molar-refractivity contribution in [3.05, 3.63) is 237 Å². The number of nitrogens with zero attached hydrogens (tertiary/aromatic N) is 1. The Bertz CT molecular complexity index is 2530. The molecule has 260 valence electrons. The van der Waals surface area contributed by atoms with E-state index in [4.69, 9.17) is 0 Å². The monoisotopic (exact) mass is 701 g/mol. The van der Waals surface area contributed by atoms with E-state index >= 15 is 0 Å². The van der Waals surface area contributed by atoms with Crippen molar-refractivity contribution in [3.8, 4) is 66.8 Å². The molecule has 1 nitrogen and oxygen atoms in total. The Morgan fingerprint density at radius 2 is 0.436 bits per heavy atom. The van der Waals surface area contributed by atoms with Crippen molar-refractivity contribution in [2.75, 3.05) is 4.90 Å². The lowest BCUT2D eigenvalue weighted by Gasteiger charge is -2.26. The van der Waals surface area contributed by atoms with Gasteiger partial charge in [0, 0.05) is 17.1 Å². The summed E-state index contributed by atoms with van der Waals surface area (Å²) in [5, 5.41) is 0. The zero-order valence-electron chi connectivity index (χ0n) is 30.5. The van der Waals surface area contributed by atoms with Crippen LogP contribution < -0.4 is 4.90 Å². The minimum atomic E-state index is 1.10. The predicted octanol–water partition coefficient (Wildman–Crippen LogP) is 15.2. The summed E-state index contributed by atoms with van der Waals surface area (Å²) < 4.78 is 0. The summed E-state index contributed by atoms with van der Waals surface area (Å²) in [6.45, 7) is 0. The maximum atomic E-state index is 2.33. The average Bonchev–Trinajstić information content (AvgIpc) is 3.28. The van der Waals surface area contributed by atoms with E-state index in [2.05, 4.69) is 241 Å². The van der Waals surface area contributed by atoms with E-state index in [1.54, 1.807) is 0 Å². The Labute approximate surface area is 324 Å². The van der Waals surface area contributed by atoms with Crippen LogP contribution in [0.2, 0.25) is 0 Å². The van der Waals surface area contributed by atoms with Crippen molar-refractivity contribution in [1.82, 2.24) is 0 Å². The lowest BCUT2D eigenvalue weighted by atomic mass is 9.90. The molecule has 9 rings (SSSR count). The van der Waals surface area contributed by atoms with E-state index in [-0.39, 0.29) is 0 Å². The van der Waals surface area contributed by atoms with Crippen LogP contribution in [0.1, 0.15) is 0 Å². The number of hydrogen-bond donors (Lipinski definition) is 0. The third kappa shape index (κ3) is 7.25. The highest BCUT2D eigenvalue weighted by molar-refractivity contribution is 5.88. The van der Waals surface area contributed by atoms with Gasteiger partial charge in [-0.15, -0.1) is 0 Å². The SMILES string of the molecule is c1ccc(-c2ccc(N(c3ccc(-c4ccccc4)cc3)c3ccc(-c4ccc(-c5cc(-c6ccccc6)ccc5-c5ccccc5)cc4)cc3)cc2)cc1. The molecule has 0 N–H and O–H groups in total. The lowest BCUT2D eigenvalue weighted by molar-refractivity contribution is 1.28. The van der Waals surface area contributed by atoms with Crippen LogP contribution in [-0.2, 0) is 0 Å². The molecule has 0 aliphatic rings. The van der Waals surface area contributed by atoms with Gasteiger partial charge in [-0.05, 0) is 109 Å². The van der Waals surface area contributed by atoms with Crippen LogP contribution >= 0.6 is 0 Å². The van der Waals surface area contributed by atoms with Crippen LogP contribution in [0, 0.1) is 0 Å². The number of rotatable bonds is 9. The first-order valence-corrected chi connectivity index (χ1v) is 18.8. The fourth-order valence-electron chi connectivity index (χ4n) is 7.42. The van der Waals surface area contributed by atoms with Crippen LogP contribution in [0.3, 0.4) is 0 Å². The van der Waals surface area contributed by atoms with Crippen molar-refractivity contribution in [2.45, 2.75) is 0 Å². The maximum Gasteiger partial charge on any atom is 0.0462 e. The number of benzene rings is 9. The first-order valence-electron chi connectivity index (χ1n) is 18.8. The van der Waals surface area contributed by atoms with Gasteiger partial charge in [0.15, 0.2) is 0 Å². The molecular weight excluding hydrogens is 663 g/mol. The number of hydrogen-bond acceptors (Lipinski definition) is 1. The van der Waals surface area contributed by atoms with Gasteiger partial charge < -0.3 is 4.90 Å². The molecule has 9 aromatic rings. The van der Waals surface area contributed by atoms with Gasteiger partial charge in [-0.1, -0.05) is 194 Å². The largest absolute Gasteiger partial charge is 0.311 e. The van der Waals surface area contributed by atoms with Gasteiger partial charge in [0.1, 0.15) is 0 Å². The molecule has 1 heteroatoms. The van der Waals surface area contributed by atoms with Crippen LogP contribution in [0.4, 0.5) is 17.1 Å². The Morgan fingerprint density at radius 1 is 0.182 bits per heavy atom. The highest BCUT2D eigenvalue weighted by Crippen LogP contribution is 2.39. The molecule has 0 aromatic heterocycles. The topological polar surface area (TPSA) is 3.24 Å². The fourth-order valence-corrected chi connectivity index (χ4v) is 7.42. The van der Waals surface area contributed by atoms with Crippen molar-refractivity contribution in [1.29, 1.82) is 0 Å². The standard InChI is InChI=1S/C54H39N/c1-5-13-40(14-6-1)44-25-32-50(33-26-44)55(51-34-27-45(28-35-51)41-15-7-2-8-16-41)52-36-29-46(30-37-52)43-21-23-48(24-22-43)54-39-49(42-17-9-3-10-18-42)31-38-53(54)47-19-11-4-12-20-47/h1-39H. The minimum Gasteiger partial charge on any atom is -0.311 e. The molecule has 0 amide bonds. The fraction of sp³-hybridized carbons (Fsp3) is 0. The first kappa shape index (κ1) is 33.6. The van der Waals surface area contributed by atoms with Gasteiger partial charge in [-0.25, -0.2) is 0 Å². The normalized spacial score (nSPS) is 10.9. The first-order chi connectivity index (χ1) is 27.3. The van der Waals surface area contributed by atoms with E-state index in [1.807, 2.05) is 0 Å². The van der Waals surface area contributed by atoms with E-state index in [9.17, 15) is 0 Å². The molecule has 0 heterocycles. The highest BCUT2D eigenvalue weighted by Gasteiger charge is 2.15. The van der Waals surface area contributed by atoms with Crippen molar-refractivity contribution < 1.29 is 0 Å². The van der Waals surface area contributed by atoms with Crippen LogP contribution in [0.5, 0.6) is 0 Å². The molecule has 0 fully saturated rings. The molecule has 0 aliphatic heterocycles. The molecule has 0 atom stereocenters. The molecular formula is C54H39N. The molecule has 0 saturated heterocycles. The molecule has 0 aliphatic carbocycles. The summed E-state index contributed by atoms with van der Waals surface area (Å²) in [6.07, 6.45) is 0.